The lowest BCUT2D eigenvalue weighted by atomic mass is 10.0. The molecule has 0 rings (SSSR count). The largest absolute Gasteiger partial charge is 0.472 e. The maximum atomic E-state index is 13.1. The fourth-order valence-corrected chi connectivity index (χ4v) is 14.7. The van der Waals surface area contributed by atoms with E-state index in [1.54, 1.807) is 0 Å². The number of unbranched alkanes of at least 4 members (excludes halogenated alkanes) is 56. The Morgan fingerprint density at radius 2 is 0.447 bits per heavy atom. The Morgan fingerprint density at radius 3 is 0.660 bits per heavy atom. The van der Waals surface area contributed by atoms with Crippen molar-refractivity contribution in [1.29, 1.82) is 0 Å². The molecular weight excluding hydrogens is 1340 g/mol. The van der Waals surface area contributed by atoms with Gasteiger partial charge in [-0.2, -0.15) is 0 Å². The Labute approximate surface area is 632 Å². The molecule has 0 heterocycles. The number of carbonyl (C=O) groups excluding carboxylic acids is 4. The lowest BCUT2D eigenvalue weighted by Crippen LogP contribution is -2.30. The van der Waals surface area contributed by atoms with E-state index >= 15 is 0 Å². The third-order valence-corrected chi connectivity index (χ3v) is 21.7. The van der Waals surface area contributed by atoms with Crippen molar-refractivity contribution in [3.05, 3.63) is 0 Å². The second-order valence-electron chi connectivity index (χ2n) is 30.7. The summed E-state index contributed by atoms with van der Waals surface area (Å²) >= 11 is 0. The van der Waals surface area contributed by atoms with Gasteiger partial charge in [0.25, 0.3) is 0 Å². The van der Waals surface area contributed by atoms with E-state index in [1.165, 1.54) is 276 Å². The van der Waals surface area contributed by atoms with Crippen LogP contribution in [0.2, 0.25) is 0 Å². The Morgan fingerprint density at radius 1 is 0.262 bits per heavy atom. The van der Waals surface area contributed by atoms with E-state index in [0.717, 1.165) is 95.8 Å². The van der Waals surface area contributed by atoms with Gasteiger partial charge in [0, 0.05) is 25.7 Å². The van der Waals surface area contributed by atoms with Crippen LogP contribution in [-0.4, -0.2) is 96.7 Å². The Bertz CT molecular complexity index is 1960. The molecule has 0 aromatic heterocycles. The van der Waals surface area contributed by atoms with Crippen LogP contribution in [0.4, 0.5) is 0 Å². The van der Waals surface area contributed by atoms with Crippen LogP contribution in [0.3, 0.4) is 0 Å². The van der Waals surface area contributed by atoms with Crippen LogP contribution in [0.1, 0.15) is 452 Å². The highest BCUT2D eigenvalue weighted by Crippen LogP contribution is 2.45. The van der Waals surface area contributed by atoms with Gasteiger partial charge in [-0.05, 0) is 31.6 Å². The third-order valence-electron chi connectivity index (χ3n) is 19.8. The minimum absolute atomic E-state index is 0.109. The average Bonchev–Trinajstić information content (AvgIpc) is 0.930. The van der Waals surface area contributed by atoms with E-state index < -0.39 is 97.5 Å². The lowest BCUT2D eigenvalue weighted by Gasteiger charge is -2.21. The monoisotopic (exact) mass is 1510 g/mol. The summed E-state index contributed by atoms with van der Waals surface area (Å²) < 4.78 is 68.8. The Hall–Kier alpha value is -1.94. The summed E-state index contributed by atoms with van der Waals surface area (Å²) in [5, 5.41) is 10.7. The molecule has 0 aromatic rings. The molecule has 0 aromatic carbocycles. The maximum Gasteiger partial charge on any atom is 0.472 e. The molecule has 0 saturated heterocycles. The number of hydrogen-bond acceptors (Lipinski definition) is 15. The normalized spacial score (nSPS) is 13.8. The van der Waals surface area contributed by atoms with E-state index in [4.69, 9.17) is 37.0 Å². The van der Waals surface area contributed by atoms with Crippen molar-refractivity contribution in [3.63, 3.8) is 0 Å². The number of esters is 4. The number of aliphatic hydroxyl groups excluding tert-OH is 1. The highest BCUT2D eigenvalue weighted by molar-refractivity contribution is 7.47. The molecule has 5 atom stereocenters. The molecule has 0 amide bonds. The van der Waals surface area contributed by atoms with Gasteiger partial charge in [0.05, 0.1) is 26.4 Å². The zero-order valence-corrected chi connectivity index (χ0v) is 69.3. The summed E-state index contributed by atoms with van der Waals surface area (Å²) in [6.07, 6.45) is 69.3. The Balaban J connectivity index is 5.24. The van der Waals surface area contributed by atoms with Crippen LogP contribution in [0.5, 0.6) is 0 Å². The highest BCUT2D eigenvalue weighted by Gasteiger charge is 2.30. The zero-order valence-electron chi connectivity index (χ0n) is 67.5. The fraction of sp³-hybridized carbons (Fsp3) is 0.952. The number of ether oxygens (including phenoxy) is 4. The van der Waals surface area contributed by atoms with Gasteiger partial charge < -0.3 is 33.8 Å². The van der Waals surface area contributed by atoms with Crippen LogP contribution in [-0.2, 0) is 65.4 Å². The standard InChI is InChI=1S/C84H164O17P2/c1-6-9-12-15-18-21-24-26-28-29-30-31-32-34-40-45-50-55-60-65-70-84(89)101-80(74-95-82(87)68-63-58-53-48-43-38-36-35-37-42-46-51-56-61-66-77(4)5)76-99-103(92,93)97-72-78(85)71-96-102(90,91)98-75-79(73-94-81(86)67-62-57-52-47-41-23-20-17-14-11-8-3)100-83(88)69-64-59-54-49-44-39-33-27-25-22-19-16-13-10-7-2/h77-80,85H,6-76H2,1-5H3,(H,90,91)(H,92,93)/t78-,79+,80+/m0/s1. The summed E-state index contributed by atoms with van der Waals surface area (Å²) in [6, 6.07) is 0. The summed E-state index contributed by atoms with van der Waals surface area (Å²) in [6.45, 7) is 7.38. The summed E-state index contributed by atoms with van der Waals surface area (Å²) in [4.78, 5) is 73.2. The fourth-order valence-electron chi connectivity index (χ4n) is 13.1. The third kappa shape index (κ3) is 78.0. The van der Waals surface area contributed by atoms with Crippen LogP contribution in [0.25, 0.3) is 0 Å². The van der Waals surface area contributed by atoms with Crippen LogP contribution < -0.4 is 0 Å². The predicted octanol–water partition coefficient (Wildman–Crippen LogP) is 25.6. The minimum atomic E-state index is -4.96. The van der Waals surface area contributed by atoms with Crippen molar-refractivity contribution >= 4 is 39.5 Å². The maximum absolute atomic E-state index is 13.1. The average molecular weight is 1510 g/mol. The number of rotatable bonds is 84. The Kier molecular flexibility index (Phi) is 75.4. The molecule has 0 aliphatic rings. The first-order valence-electron chi connectivity index (χ1n) is 43.6. The smallest absolute Gasteiger partial charge is 0.462 e. The van der Waals surface area contributed by atoms with Crippen molar-refractivity contribution in [1.82, 2.24) is 0 Å². The number of aliphatic hydroxyl groups is 1. The summed E-state index contributed by atoms with van der Waals surface area (Å²) in [7, 11) is -9.92. The molecule has 0 aliphatic heterocycles. The molecule has 2 unspecified atom stereocenters. The quantitative estimate of drug-likeness (QED) is 0.0222. The molecule has 17 nitrogen and oxygen atoms in total. The van der Waals surface area contributed by atoms with Crippen molar-refractivity contribution in [3.8, 4) is 0 Å². The topological polar surface area (TPSA) is 237 Å². The highest BCUT2D eigenvalue weighted by atomic mass is 31.2. The van der Waals surface area contributed by atoms with E-state index in [1.807, 2.05) is 0 Å². The molecular formula is C84H164O17P2. The zero-order chi connectivity index (χ0) is 75.5. The van der Waals surface area contributed by atoms with Crippen molar-refractivity contribution in [2.45, 2.75) is 470 Å². The lowest BCUT2D eigenvalue weighted by molar-refractivity contribution is -0.161. The van der Waals surface area contributed by atoms with Gasteiger partial charge in [-0.15, -0.1) is 0 Å². The number of phosphoric acid groups is 2. The second-order valence-corrected chi connectivity index (χ2v) is 33.6. The molecule has 19 heteroatoms. The SMILES string of the molecule is CCCCCCCCCCCCCCCCCCCCCCC(=O)O[C@H](COC(=O)CCCCCCCCCCCCCCCCC(C)C)COP(=O)(O)OC[C@@H](O)COP(=O)(O)OC[C@@H](COC(=O)CCCCCCCCCCCCC)OC(=O)CCCCCCCCCCCCCCCCC. The molecule has 103 heavy (non-hydrogen) atoms. The molecule has 0 fully saturated rings. The first kappa shape index (κ1) is 101. The molecule has 3 N–H and O–H groups in total. The van der Waals surface area contributed by atoms with Gasteiger partial charge in [0.15, 0.2) is 12.2 Å². The molecule has 0 saturated carbocycles. The van der Waals surface area contributed by atoms with Gasteiger partial charge in [-0.25, -0.2) is 9.13 Å². The van der Waals surface area contributed by atoms with Gasteiger partial charge in [0.2, 0.25) is 0 Å². The van der Waals surface area contributed by atoms with E-state index in [-0.39, 0.29) is 25.7 Å². The van der Waals surface area contributed by atoms with Gasteiger partial charge in [-0.3, -0.25) is 37.3 Å². The molecule has 612 valence electrons. The molecule has 0 spiro atoms. The molecule has 0 bridgehead atoms. The van der Waals surface area contributed by atoms with Gasteiger partial charge >= 0.3 is 39.5 Å². The van der Waals surface area contributed by atoms with E-state index in [2.05, 4.69) is 34.6 Å². The van der Waals surface area contributed by atoms with Crippen LogP contribution in [0, 0.1) is 5.92 Å². The van der Waals surface area contributed by atoms with Crippen molar-refractivity contribution < 1.29 is 80.2 Å². The van der Waals surface area contributed by atoms with E-state index in [9.17, 15) is 43.2 Å². The van der Waals surface area contributed by atoms with Crippen LogP contribution in [0.15, 0.2) is 0 Å². The first-order chi connectivity index (χ1) is 50.0. The first-order valence-corrected chi connectivity index (χ1v) is 46.6. The second kappa shape index (κ2) is 76.8. The van der Waals surface area contributed by atoms with Gasteiger partial charge in [-0.1, -0.05) is 401 Å². The van der Waals surface area contributed by atoms with E-state index in [0.29, 0.717) is 25.7 Å². The summed E-state index contributed by atoms with van der Waals surface area (Å²) in [5.41, 5.74) is 0. The number of carbonyl (C=O) groups is 4. The number of hydrogen-bond donors (Lipinski definition) is 3. The summed E-state index contributed by atoms with van der Waals surface area (Å²) in [5.74, 6) is -1.30. The van der Waals surface area contributed by atoms with Crippen molar-refractivity contribution in [2.24, 2.45) is 5.92 Å². The molecule has 0 aliphatic carbocycles. The number of phosphoric ester groups is 2. The van der Waals surface area contributed by atoms with Crippen molar-refractivity contribution in [2.75, 3.05) is 39.6 Å². The molecule has 0 radical (unpaired) electrons. The van der Waals surface area contributed by atoms with Gasteiger partial charge in [0.1, 0.15) is 19.3 Å². The minimum Gasteiger partial charge on any atom is -0.462 e. The van der Waals surface area contributed by atoms with Crippen LogP contribution >= 0.6 is 15.6 Å². The predicted molar refractivity (Wildman–Crippen MR) is 423 cm³/mol.